The molecule has 22 heavy (non-hydrogen) atoms. The molecule has 6 heteroatoms. The van der Waals surface area contributed by atoms with Crippen LogP contribution in [0.25, 0.3) is 11.3 Å². The SMILES string of the molecule is Clc1ccc(-c2csc(SCc3ccc(Cl)cc3Cl)n2)cc1. The van der Waals surface area contributed by atoms with Crippen LogP contribution in [0.5, 0.6) is 0 Å². The molecule has 112 valence electrons. The van der Waals surface area contributed by atoms with Gasteiger partial charge in [-0.05, 0) is 29.8 Å². The van der Waals surface area contributed by atoms with Crippen molar-refractivity contribution in [3.63, 3.8) is 0 Å². The van der Waals surface area contributed by atoms with E-state index in [4.69, 9.17) is 34.8 Å². The fraction of sp³-hybridized carbons (Fsp3) is 0.0625. The van der Waals surface area contributed by atoms with E-state index >= 15 is 0 Å². The first-order chi connectivity index (χ1) is 10.6. The third-order valence-corrected chi connectivity index (χ3v) is 5.90. The van der Waals surface area contributed by atoms with E-state index in [-0.39, 0.29) is 0 Å². The normalized spacial score (nSPS) is 10.9. The van der Waals surface area contributed by atoms with Gasteiger partial charge in [0.2, 0.25) is 0 Å². The van der Waals surface area contributed by atoms with Crippen molar-refractivity contribution in [1.29, 1.82) is 0 Å². The zero-order valence-electron chi connectivity index (χ0n) is 11.2. The van der Waals surface area contributed by atoms with Crippen LogP contribution in [0.1, 0.15) is 5.56 Å². The lowest BCUT2D eigenvalue weighted by molar-refractivity contribution is 1.24. The van der Waals surface area contributed by atoms with Crippen molar-refractivity contribution in [3.8, 4) is 11.3 Å². The van der Waals surface area contributed by atoms with Crippen molar-refractivity contribution < 1.29 is 0 Å². The smallest absolute Gasteiger partial charge is 0.150 e. The van der Waals surface area contributed by atoms with Gasteiger partial charge in [0, 0.05) is 31.8 Å². The maximum absolute atomic E-state index is 6.18. The third-order valence-electron chi connectivity index (χ3n) is 2.99. The number of nitrogens with zero attached hydrogens (tertiary/aromatic N) is 1. The van der Waals surface area contributed by atoms with Crippen LogP contribution in [0, 0.1) is 0 Å². The minimum Gasteiger partial charge on any atom is -0.230 e. The van der Waals surface area contributed by atoms with E-state index in [1.807, 2.05) is 36.4 Å². The summed E-state index contributed by atoms with van der Waals surface area (Å²) in [4.78, 5) is 4.64. The molecule has 0 saturated carbocycles. The second kappa shape index (κ2) is 7.24. The highest BCUT2D eigenvalue weighted by atomic mass is 35.5. The van der Waals surface area contributed by atoms with Gasteiger partial charge in [-0.3, -0.25) is 0 Å². The average molecular weight is 387 g/mol. The maximum Gasteiger partial charge on any atom is 0.150 e. The van der Waals surface area contributed by atoms with Gasteiger partial charge in [0.25, 0.3) is 0 Å². The van der Waals surface area contributed by atoms with Crippen LogP contribution in [-0.4, -0.2) is 4.98 Å². The molecule has 0 atom stereocenters. The Labute approximate surface area is 152 Å². The number of thioether (sulfide) groups is 1. The highest BCUT2D eigenvalue weighted by Gasteiger charge is 2.07. The van der Waals surface area contributed by atoms with Crippen molar-refractivity contribution in [3.05, 3.63) is 68.5 Å². The number of hydrogen-bond donors (Lipinski definition) is 0. The number of benzene rings is 2. The molecule has 0 aliphatic heterocycles. The Morgan fingerprint density at radius 2 is 1.68 bits per heavy atom. The Balaban J connectivity index is 1.70. The van der Waals surface area contributed by atoms with Gasteiger partial charge in [-0.2, -0.15) is 0 Å². The van der Waals surface area contributed by atoms with Crippen molar-refractivity contribution in [1.82, 2.24) is 4.98 Å². The predicted octanol–water partition coefficient (Wildman–Crippen LogP) is 7.06. The van der Waals surface area contributed by atoms with Crippen LogP contribution in [0.2, 0.25) is 15.1 Å². The summed E-state index contributed by atoms with van der Waals surface area (Å²) in [7, 11) is 0. The minimum absolute atomic E-state index is 0.651. The van der Waals surface area contributed by atoms with Crippen LogP contribution >= 0.6 is 57.9 Å². The second-order valence-electron chi connectivity index (χ2n) is 4.53. The van der Waals surface area contributed by atoms with E-state index in [1.165, 1.54) is 0 Å². The van der Waals surface area contributed by atoms with Gasteiger partial charge < -0.3 is 0 Å². The van der Waals surface area contributed by atoms with E-state index in [1.54, 1.807) is 29.2 Å². The first-order valence-electron chi connectivity index (χ1n) is 6.40. The fourth-order valence-electron chi connectivity index (χ4n) is 1.86. The van der Waals surface area contributed by atoms with E-state index in [0.717, 1.165) is 31.9 Å². The van der Waals surface area contributed by atoms with Crippen LogP contribution < -0.4 is 0 Å². The highest BCUT2D eigenvalue weighted by molar-refractivity contribution is 8.00. The highest BCUT2D eigenvalue weighted by Crippen LogP contribution is 2.32. The van der Waals surface area contributed by atoms with Gasteiger partial charge in [-0.25, -0.2) is 4.98 Å². The molecule has 3 aromatic rings. The summed E-state index contributed by atoms with van der Waals surface area (Å²) in [5.74, 6) is 0.767. The molecule has 0 amide bonds. The molecule has 1 heterocycles. The van der Waals surface area contributed by atoms with Gasteiger partial charge in [0.1, 0.15) is 0 Å². The van der Waals surface area contributed by atoms with Crippen molar-refractivity contribution in [2.75, 3.05) is 0 Å². The Kier molecular flexibility index (Phi) is 5.32. The molecule has 0 aliphatic carbocycles. The first kappa shape index (κ1) is 16.2. The number of rotatable bonds is 4. The number of halogens is 3. The number of aromatic nitrogens is 1. The fourth-order valence-corrected chi connectivity index (χ4v) is 4.37. The standard InChI is InChI=1S/C16H10Cl3NS2/c17-12-4-1-10(2-5-12)15-9-22-16(20-15)21-8-11-3-6-13(18)7-14(11)19/h1-7,9H,8H2. The summed E-state index contributed by atoms with van der Waals surface area (Å²) in [6, 6.07) is 13.3. The molecule has 0 spiro atoms. The van der Waals surface area contributed by atoms with Gasteiger partial charge in [-0.1, -0.05) is 64.8 Å². The predicted molar refractivity (Wildman–Crippen MR) is 98.6 cm³/mol. The molecule has 0 aliphatic rings. The van der Waals surface area contributed by atoms with Gasteiger partial charge >= 0.3 is 0 Å². The molecule has 0 saturated heterocycles. The minimum atomic E-state index is 0.651. The van der Waals surface area contributed by atoms with Crippen LogP contribution in [0.3, 0.4) is 0 Å². The quantitative estimate of drug-likeness (QED) is 0.445. The summed E-state index contributed by atoms with van der Waals surface area (Å²) < 4.78 is 1.01. The van der Waals surface area contributed by atoms with E-state index < -0.39 is 0 Å². The molecule has 0 N–H and O–H groups in total. The molecular weight excluding hydrogens is 377 g/mol. The van der Waals surface area contributed by atoms with Gasteiger partial charge in [0.05, 0.1) is 5.69 Å². The molecule has 0 bridgehead atoms. The molecule has 0 fully saturated rings. The topological polar surface area (TPSA) is 12.9 Å². The van der Waals surface area contributed by atoms with E-state index in [2.05, 4.69) is 10.4 Å². The first-order valence-corrected chi connectivity index (χ1v) is 9.40. The largest absolute Gasteiger partial charge is 0.230 e. The van der Waals surface area contributed by atoms with Crippen molar-refractivity contribution in [2.24, 2.45) is 0 Å². The third kappa shape index (κ3) is 3.98. The number of hydrogen-bond acceptors (Lipinski definition) is 3. The monoisotopic (exact) mass is 385 g/mol. The molecule has 3 rings (SSSR count). The van der Waals surface area contributed by atoms with Crippen LogP contribution in [0.15, 0.2) is 52.2 Å². The Bertz CT molecular complexity index is 784. The van der Waals surface area contributed by atoms with Gasteiger partial charge in [0.15, 0.2) is 4.34 Å². The lowest BCUT2D eigenvalue weighted by atomic mass is 10.2. The summed E-state index contributed by atoms with van der Waals surface area (Å²) in [6.07, 6.45) is 0. The van der Waals surface area contributed by atoms with Crippen molar-refractivity contribution >= 4 is 57.9 Å². The van der Waals surface area contributed by atoms with E-state index in [0.29, 0.717) is 10.0 Å². The van der Waals surface area contributed by atoms with Crippen LogP contribution in [-0.2, 0) is 5.75 Å². The van der Waals surface area contributed by atoms with Crippen molar-refractivity contribution in [2.45, 2.75) is 10.1 Å². The molecule has 2 aromatic carbocycles. The summed E-state index contributed by atoms with van der Waals surface area (Å²) >= 11 is 21.3. The molecule has 1 nitrogen and oxygen atoms in total. The lowest BCUT2D eigenvalue weighted by Crippen LogP contribution is -1.83. The second-order valence-corrected chi connectivity index (χ2v) is 7.89. The number of thiazole rings is 1. The summed E-state index contributed by atoms with van der Waals surface area (Å²) in [6.45, 7) is 0. The lowest BCUT2D eigenvalue weighted by Gasteiger charge is -2.02. The van der Waals surface area contributed by atoms with E-state index in [9.17, 15) is 0 Å². The molecule has 0 radical (unpaired) electrons. The molecular formula is C16H10Cl3NS2. The van der Waals surface area contributed by atoms with Crippen LogP contribution in [0.4, 0.5) is 0 Å². The molecule has 0 unspecified atom stereocenters. The Morgan fingerprint density at radius 1 is 0.955 bits per heavy atom. The Hall–Kier alpha value is -0.710. The maximum atomic E-state index is 6.18. The zero-order chi connectivity index (χ0) is 15.5. The Morgan fingerprint density at radius 3 is 2.41 bits per heavy atom. The van der Waals surface area contributed by atoms with Gasteiger partial charge in [-0.15, -0.1) is 11.3 Å². The average Bonchev–Trinajstić information content (AvgIpc) is 2.96. The zero-order valence-corrected chi connectivity index (χ0v) is 15.1. The molecule has 1 aromatic heterocycles. The summed E-state index contributed by atoms with van der Waals surface area (Å²) in [5, 5.41) is 4.12. The summed E-state index contributed by atoms with van der Waals surface area (Å²) in [5.41, 5.74) is 3.09.